The molecule has 5 nitrogen and oxygen atoms in total. The van der Waals surface area contributed by atoms with Crippen LogP contribution in [0.2, 0.25) is 0 Å². The molecule has 2 aliphatic rings. The molecule has 24 heavy (non-hydrogen) atoms. The molecule has 3 heterocycles. The number of rotatable bonds is 4. The lowest BCUT2D eigenvalue weighted by Gasteiger charge is -2.35. The Morgan fingerprint density at radius 3 is 2.75 bits per heavy atom. The molecule has 6 heteroatoms. The van der Waals surface area contributed by atoms with Gasteiger partial charge in [0.1, 0.15) is 5.82 Å². The van der Waals surface area contributed by atoms with E-state index in [1.54, 1.807) is 12.4 Å². The van der Waals surface area contributed by atoms with E-state index in [0.29, 0.717) is 11.2 Å². The molecule has 1 aromatic rings. The van der Waals surface area contributed by atoms with Crippen LogP contribution in [-0.2, 0) is 4.79 Å². The zero-order chi connectivity index (χ0) is 16.8. The van der Waals surface area contributed by atoms with Crippen molar-refractivity contribution in [2.75, 3.05) is 36.8 Å². The fraction of sp³-hybridized carbons (Fsp3) is 0.722. The third-order valence-electron chi connectivity index (χ3n) is 5.06. The lowest BCUT2D eigenvalue weighted by Crippen LogP contribution is -2.44. The van der Waals surface area contributed by atoms with Gasteiger partial charge in [0.2, 0.25) is 5.91 Å². The predicted octanol–water partition coefficient (Wildman–Crippen LogP) is 2.83. The lowest BCUT2D eigenvalue weighted by atomic mass is 9.95. The monoisotopic (exact) mass is 348 g/mol. The molecule has 0 radical (unpaired) electrons. The van der Waals surface area contributed by atoms with Gasteiger partial charge in [0, 0.05) is 49.7 Å². The highest BCUT2D eigenvalue weighted by molar-refractivity contribution is 7.99. The molecule has 1 amide bonds. The molecule has 0 aromatic carbocycles. The van der Waals surface area contributed by atoms with Crippen LogP contribution >= 0.6 is 11.8 Å². The zero-order valence-electron chi connectivity index (χ0n) is 14.6. The van der Waals surface area contributed by atoms with Gasteiger partial charge in [0.25, 0.3) is 0 Å². The number of carbonyl (C=O) groups is 1. The Morgan fingerprint density at radius 1 is 1.21 bits per heavy atom. The molecule has 0 N–H and O–H groups in total. The molecule has 1 aromatic heterocycles. The van der Waals surface area contributed by atoms with E-state index in [9.17, 15) is 4.79 Å². The fourth-order valence-electron chi connectivity index (χ4n) is 3.74. The number of thioether (sulfide) groups is 1. The van der Waals surface area contributed by atoms with Crippen molar-refractivity contribution in [2.45, 2.75) is 44.3 Å². The summed E-state index contributed by atoms with van der Waals surface area (Å²) in [4.78, 5) is 25.9. The van der Waals surface area contributed by atoms with Crippen LogP contribution in [0.15, 0.2) is 18.6 Å². The Labute approximate surface area is 149 Å². The van der Waals surface area contributed by atoms with Gasteiger partial charge in [-0.25, -0.2) is 4.98 Å². The molecule has 0 aliphatic carbocycles. The maximum absolute atomic E-state index is 13.0. The molecule has 2 saturated heterocycles. The summed E-state index contributed by atoms with van der Waals surface area (Å²) in [6.07, 6.45) is 10.8. The molecular formula is C18H28N4OS. The van der Waals surface area contributed by atoms with Gasteiger partial charge in [0.05, 0.1) is 6.20 Å². The highest BCUT2D eigenvalue weighted by Crippen LogP contribution is 2.26. The van der Waals surface area contributed by atoms with Crippen LogP contribution in [0.25, 0.3) is 0 Å². The zero-order valence-corrected chi connectivity index (χ0v) is 15.4. The summed E-state index contributed by atoms with van der Waals surface area (Å²) >= 11 is 2.01. The highest BCUT2D eigenvalue weighted by atomic mass is 32.2. The normalized spacial score (nSPS) is 23.1. The van der Waals surface area contributed by atoms with Crippen molar-refractivity contribution < 1.29 is 4.79 Å². The largest absolute Gasteiger partial charge is 0.355 e. The second kappa shape index (κ2) is 8.70. The van der Waals surface area contributed by atoms with Crippen LogP contribution in [0.5, 0.6) is 0 Å². The summed E-state index contributed by atoms with van der Waals surface area (Å²) in [5.41, 5.74) is 0. The van der Waals surface area contributed by atoms with Gasteiger partial charge in [-0.3, -0.25) is 9.78 Å². The van der Waals surface area contributed by atoms with E-state index in [4.69, 9.17) is 0 Å². The number of aromatic nitrogens is 2. The minimum Gasteiger partial charge on any atom is -0.355 e. The Balaban J connectivity index is 1.54. The van der Waals surface area contributed by atoms with Crippen molar-refractivity contribution in [3.8, 4) is 0 Å². The van der Waals surface area contributed by atoms with Crippen LogP contribution in [-0.4, -0.2) is 58.0 Å². The number of anilines is 1. The highest BCUT2D eigenvalue weighted by Gasteiger charge is 2.31. The molecule has 0 saturated carbocycles. The van der Waals surface area contributed by atoms with Crippen LogP contribution in [0.4, 0.5) is 5.82 Å². The maximum atomic E-state index is 13.0. The van der Waals surface area contributed by atoms with E-state index in [1.165, 1.54) is 12.8 Å². The fourth-order valence-corrected chi connectivity index (χ4v) is 4.83. The van der Waals surface area contributed by atoms with Gasteiger partial charge >= 0.3 is 0 Å². The van der Waals surface area contributed by atoms with E-state index >= 15 is 0 Å². The first-order chi connectivity index (χ1) is 11.8. The molecule has 2 aliphatic heterocycles. The first-order valence-corrected chi connectivity index (χ1v) is 10.2. The van der Waals surface area contributed by atoms with E-state index < -0.39 is 0 Å². The Bertz CT molecular complexity index is 519. The quantitative estimate of drug-likeness (QED) is 0.837. The summed E-state index contributed by atoms with van der Waals surface area (Å²) in [5, 5.41) is 0.626. The summed E-state index contributed by atoms with van der Waals surface area (Å²) in [6, 6.07) is 0. The van der Waals surface area contributed by atoms with Crippen molar-refractivity contribution in [2.24, 2.45) is 5.92 Å². The van der Waals surface area contributed by atoms with Crippen molar-refractivity contribution in [3.63, 3.8) is 0 Å². The summed E-state index contributed by atoms with van der Waals surface area (Å²) < 4.78 is 0. The van der Waals surface area contributed by atoms with E-state index in [0.717, 1.165) is 57.0 Å². The number of hydrogen-bond acceptors (Lipinski definition) is 5. The van der Waals surface area contributed by atoms with Gasteiger partial charge in [-0.05, 0) is 31.4 Å². The minimum atomic E-state index is 0.184. The van der Waals surface area contributed by atoms with Gasteiger partial charge in [-0.2, -0.15) is 11.8 Å². The topological polar surface area (TPSA) is 49.3 Å². The van der Waals surface area contributed by atoms with E-state index in [1.807, 2.05) is 18.0 Å². The van der Waals surface area contributed by atoms with Crippen LogP contribution in [0.1, 0.15) is 39.0 Å². The average Bonchev–Trinajstić information content (AvgIpc) is 2.88. The lowest BCUT2D eigenvalue weighted by molar-refractivity contribution is -0.136. The van der Waals surface area contributed by atoms with Crippen LogP contribution in [0.3, 0.4) is 0 Å². The van der Waals surface area contributed by atoms with Gasteiger partial charge in [-0.1, -0.05) is 13.3 Å². The molecule has 132 valence electrons. The predicted molar refractivity (Wildman–Crippen MR) is 99.3 cm³/mol. The van der Waals surface area contributed by atoms with Crippen LogP contribution < -0.4 is 4.90 Å². The second-order valence-electron chi connectivity index (χ2n) is 6.68. The van der Waals surface area contributed by atoms with Crippen molar-refractivity contribution in [1.82, 2.24) is 14.9 Å². The summed E-state index contributed by atoms with van der Waals surface area (Å²) in [5.74, 6) is 2.64. The first kappa shape index (κ1) is 17.5. The molecule has 0 spiro atoms. The minimum absolute atomic E-state index is 0.184. The molecule has 0 unspecified atom stereocenters. The van der Waals surface area contributed by atoms with E-state index in [2.05, 4.69) is 26.7 Å². The molecule has 1 atom stereocenters. The standard InChI is InChI=1S/C18H28N4OS/c1-2-24-16-5-3-4-10-22(14-16)18(23)15-6-11-21(12-7-15)17-13-19-8-9-20-17/h8-9,13,15-16H,2-7,10-12,14H2,1H3/t16-/m1/s1. The number of carbonyl (C=O) groups excluding carboxylic acids is 1. The van der Waals surface area contributed by atoms with Crippen molar-refractivity contribution in [1.29, 1.82) is 0 Å². The Kier molecular flexibility index (Phi) is 6.35. The van der Waals surface area contributed by atoms with Crippen molar-refractivity contribution in [3.05, 3.63) is 18.6 Å². The number of likely N-dealkylation sites (tertiary alicyclic amines) is 1. The molecule has 2 fully saturated rings. The summed E-state index contributed by atoms with van der Waals surface area (Å²) in [6.45, 7) is 5.90. The van der Waals surface area contributed by atoms with Gasteiger partial charge < -0.3 is 9.80 Å². The smallest absolute Gasteiger partial charge is 0.225 e. The Morgan fingerprint density at radius 2 is 2.04 bits per heavy atom. The molecule has 3 rings (SSSR count). The van der Waals surface area contributed by atoms with E-state index in [-0.39, 0.29) is 5.92 Å². The SMILES string of the molecule is CCS[C@@H]1CCCCN(C(=O)C2CCN(c3cnccn3)CC2)C1. The number of piperidine rings is 1. The first-order valence-electron chi connectivity index (χ1n) is 9.19. The Hall–Kier alpha value is -1.30. The van der Waals surface area contributed by atoms with Gasteiger partial charge in [0.15, 0.2) is 0 Å². The third kappa shape index (κ3) is 4.41. The number of nitrogens with zero attached hydrogens (tertiary/aromatic N) is 4. The second-order valence-corrected chi connectivity index (χ2v) is 8.26. The average molecular weight is 349 g/mol. The summed E-state index contributed by atoms with van der Waals surface area (Å²) in [7, 11) is 0. The van der Waals surface area contributed by atoms with Crippen molar-refractivity contribution >= 4 is 23.5 Å². The number of amides is 1. The van der Waals surface area contributed by atoms with Gasteiger partial charge in [-0.15, -0.1) is 0 Å². The molecule has 0 bridgehead atoms. The third-order valence-corrected chi connectivity index (χ3v) is 6.25. The van der Waals surface area contributed by atoms with Crippen LogP contribution in [0, 0.1) is 5.92 Å². The number of hydrogen-bond donors (Lipinski definition) is 0. The maximum Gasteiger partial charge on any atom is 0.225 e. The molecular weight excluding hydrogens is 320 g/mol.